The van der Waals surface area contributed by atoms with Crippen molar-refractivity contribution in [2.45, 2.75) is 34.5 Å². The van der Waals surface area contributed by atoms with Crippen molar-refractivity contribution in [2.24, 2.45) is 0 Å². The molecule has 224 valence electrons. The fourth-order valence-corrected chi connectivity index (χ4v) is 25.0. The molecule has 0 fully saturated rings. The van der Waals surface area contributed by atoms with Crippen LogP contribution in [0.5, 0.6) is 0 Å². The molecule has 0 aliphatic rings. The quantitative estimate of drug-likeness (QED) is 0.116. The number of hydrogen-bond donors (Lipinski definition) is 0. The second-order valence-electron chi connectivity index (χ2n) is 6.50. The van der Waals surface area contributed by atoms with Crippen molar-refractivity contribution in [3.63, 3.8) is 0 Å². The van der Waals surface area contributed by atoms with Crippen molar-refractivity contribution >= 4 is 398 Å². The Morgan fingerprint density at radius 3 is 0.579 bits per heavy atom. The molecule has 0 bridgehead atoms. The van der Waals surface area contributed by atoms with Crippen molar-refractivity contribution in [1.82, 2.24) is 0 Å². The van der Waals surface area contributed by atoms with E-state index in [2.05, 4.69) is 398 Å². The summed E-state index contributed by atoms with van der Waals surface area (Å²) in [6.07, 6.45) is 0. The topological polar surface area (TPSA) is 0 Å². The van der Waals surface area contributed by atoms with Gasteiger partial charge in [-0.25, -0.2) is 0 Å². The van der Waals surface area contributed by atoms with Gasteiger partial charge in [0.2, 0.25) is 0 Å². The summed E-state index contributed by atoms with van der Waals surface area (Å²) in [5, 5.41) is 0. The molecule has 0 heterocycles. The first-order valence-corrected chi connectivity index (χ1v) is 27.3. The van der Waals surface area contributed by atoms with Gasteiger partial charge in [0.25, 0.3) is 0 Å². The summed E-state index contributed by atoms with van der Waals surface area (Å²) >= 11 is 95.0. The Hall–Kier alpha value is 13.0. The zero-order valence-corrected chi connectivity index (χ0v) is 58.1. The van der Waals surface area contributed by atoms with Crippen LogP contribution in [0.2, 0.25) is 0 Å². The molecule has 0 aliphatic heterocycles. The molecule has 0 rings (SSSR count). The molecule has 0 aromatic rings. The minimum Gasteiger partial charge on any atom is -0.302 e. The third kappa shape index (κ3) is 9.50. The molecule has 0 aromatic carbocycles. The SMILES string of the molecule is Br[C-](Br)C(Br)(Br)C(Br)(Br)C(Br)(Br)C(Br)(Br)C(Br)(Br)C(Br)(Br)C(Br)(Br)C(Br)(Br)C(Br)(Br)C(Br)(Br)C(Br)(Br)Br.[Na+]. The first kappa shape index (κ1) is 53.1. The second-order valence-corrected chi connectivity index (χ2v) is 50.3. The summed E-state index contributed by atoms with van der Waals surface area (Å²) in [5.74, 6) is 0. The average Bonchev–Trinajstić information content (AvgIpc) is 2.65. The van der Waals surface area contributed by atoms with Gasteiger partial charge in [0.1, 0.15) is 29.1 Å². The Morgan fingerprint density at radius 1 is 0.263 bits per heavy atom. The van der Waals surface area contributed by atoms with Gasteiger partial charge in [-0.05, 0) is 0 Å². The minimum absolute atomic E-state index is 0. The van der Waals surface area contributed by atoms with Gasteiger partial charge in [-0.1, -0.05) is 335 Å². The van der Waals surface area contributed by atoms with E-state index in [0.29, 0.717) is 3.74 Å². The van der Waals surface area contributed by atoms with E-state index >= 15 is 0 Å². The Kier molecular flexibility index (Phi) is 24.9. The van der Waals surface area contributed by atoms with Gasteiger partial charge in [-0.2, -0.15) is 3.74 Å². The van der Waals surface area contributed by atoms with E-state index in [4.69, 9.17) is 0 Å². The summed E-state index contributed by atoms with van der Waals surface area (Å²) < 4.78 is -10.8. The van der Waals surface area contributed by atoms with Crippen LogP contribution >= 0.6 is 398 Å². The molecule has 0 saturated heterocycles. The molecular formula is C12Br25Na. The Morgan fingerprint density at radius 2 is 0.421 bits per heavy atom. The van der Waals surface area contributed by atoms with E-state index in [0.717, 1.165) is 0 Å². The predicted octanol–water partition coefficient (Wildman–Crippen LogP) is 16.0. The third-order valence-electron chi connectivity index (χ3n) is 4.14. The first-order valence-electron chi connectivity index (χ1n) is 7.47. The third-order valence-corrected chi connectivity index (χ3v) is 55.0. The van der Waals surface area contributed by atoms with Gasteiger partial charge in [0.05, 0.1) is 0 Å². The second kappa shape index (κ2) is 17.9. The van der Waals surface area contributed by atoms with Crippen LogP contribution in [0.3, 0.4) is 0 Å². The Labute approximate surface area is 454 Å². The number of halogens is 25. The monoisotopic (exact) mass is 2140 g/mol. The van der Waals surface area contributed by atoms with E-state index in [1.54, 1.807) is 0 Å². The normalized spacial score (nSPS) is 16.6. The zero-order valence-electron chi connectivity index (χ0n) is 16.4. The standard InChI is InChI=1S/C12Br25.Na/c13-1(14)2(15,16)3(17,18)4(19,20)5(21,22)6(23,24)7(25,26)8(27,28)9(29,30)10(31,32)11(33,34)12(35,36)37;/q-1;+1. The molecule has 0 N–H and O–H groups in total. The van der Waals surface area contributed by atoms with E-state index in [1.165, 1.54) is 0 Å². The molecule has 0 aliphatic carbocycles. The fourth-order valence-electron chi connectivity index (χ4n) is 1.87. The molecule has 0 amide bonds. The van der Waals surface area contributed by atoms with E-state index < -0.39 is 34.5 Å². The Balaban J connectivity index is 0. The maximum Gasteiger partial charge on any atom is 1.00 e. The van der Waals surface area contributed by atoms with Gasteiger partial charge in [-0.3, -0.25) is 0 Å². The van der Waals surface area contributed by atoms with Crippen LogP contribution in [0.4, 0.5) is 0 Å². The maximum absolute atomic E-state index is 3.93. The van der Waals surface area contributed by atoms with Gasteiger partial charge >= 0.3 is 29.6 Å². The molecule has 0 radical (unpaired) electrons. The minimum atomic E-state index is -1.16. The van der Waals surface area contributed by atoms with Crippen molar-refractivity contribution in [1.29, 1.82) is 0 Å². The van der Waals surface area contributed by atoms with Crippen LogP contribution in [-0.4, -0.2) is 34.5 Å². The molecule has 0 spiro atoms. The Bertz CT molecular complexity index is 832. The van der Waals surface area contributed by atoms with Crippen LogP contribution in [0.15, 0.2) is 0 Å². The molecule has 26 heteroatoms. The van der Waals surface area contributed by atoms with Crippen LogP contribution in [0, 0.1) is 3.74 Å². The van der Waals surface area contributed by atoms with Gasteiger partial charge in [-0.15, -0.1) is 31.9 Å². The maximum atomic E-state index is 3.93. The summed E-state index contributed by atoms with van der Waals surface area (Å²) in [6, 6.07) is 0. The number of rotatable bonds is 10. The molecule has 0 atom stereocenters. The smallest absolute Gasteiger partial charge is 0.302 e. The zero-order chi connectivity index (χ0) is 31.1. The van der Waals surface area contributed by atoms with Crippen LogP contribution in [0.1, 0.15) is 0 Å². The summed E-state index contributed by atoms with van der Waals surface area (Å²) in [5.41, 5.74) is 0. The predicted molar refractivity (Wildman–Crippen MR) is 256 cm³/mol. The van der Waals surface area contributed by atoms with Crippen LogP contribution in [0.25, 0.3) is 0 Å². The number of alkyl halides is 23. The molecule has 0 nitrogen and oxygen atoms in total. The van der Waals surface area contributed by atoms with E-state index in [-0.39, 0.29) is 29.6 Å². The van der Waals surface area contributed by atoms with Crippen molar-refractivity contribution in [3.05, 3.63) is 3.74 Å². The molecular weight excluding hydrogens is 2160 g/mol. The van der Waals surface area contributed by atoms with Crippen LogP contribution < -0.4 is 29.6 Å². The van der Waals surface area contributed by atoms with Crippen LogP contribution in [-0.2, 0) is 0 Å². The van der Waals surface area contributed by atoms with Gasteiger partial charge in [0.15, 0.2) is 2.14 Å². The molecule has 0 saturated carbocycles. The average molecular weight is 2160 g/mol. The van der Waals surface area contributed by atoms with E-state index in [1.807, 2.05) is 0 Å². The largest absolute Gasteiger partial charge is 1.00 e. The van der Waals surface area contributed by atoms with E-state index in [9.17, 15) is 0 Å². The molecule has 0 unspecified atom stereocenters. The summed E-state index contributed by atoms with van der Waals surface area (Å²) in [7, 11) is 0. The fraction of sp³-hybridized carbons (Fsp3) is 0.917. The van der Waals surface area contributed by atoms with Crippen molar-refractivity contribution < 1.29 is 29.6 Å². The molecule has 38 heavy (non-hydrogen) atoms. The van der Waals surface area contributed by atoms with Gasteiger partial charge < -0.3 is 31.9 Å². The first-order chi connectivity index (χ1) is 15.4. The van der Waals surface area contributed by atoms with Gasteiger partial charge in [0, 0.05) is 3.23 Å². The molecule has 0 aromatic heterocycles. The van der Waals surface area contributed by atoms with Crippen molar-refractivity contribution in [2.75, 3.05) is 0 Å². The summed E-state index contributed by atoms with van der Waals surface area (Å²) in [6.45, 7) is 0. The summed E-state index contributed by atoms with van der Waals surface area (Å²) in [4.78, 5) is 0. The van der Waals surface area contributed by atoms with Crippen molar-refractivity contribution in [3.8, 4) is 0 Å². The number of hydrogen-bond acceptors (Lipinski definition) is 0.